The van der Waals surface area contributed by atoms with Gasteiger partial charge in [-0.2, -0.15) is 4.68 Å². The van der Waals surface area contributed by atoms with Gasteiger partial charge < -0.3 is 14.6 Å². The summed E-state index contributed by atoms with van der Waals surface area (Å²) in [4.78, 5) is 13.2. The molecule has 29 heavy (non-hydrogen) atoms. The molecular formula is C21H22N6O2. The zero-order valence-corrected chi connectivity index (χ0v) is 16.6. The number of aromatic nitrogens is 5. The second-order valence-electron chi connectivity index (χ2n) is 6.85. The van der Waals surface area contributed by atoms with E-state index in [1.165, 1.54) is 11.0 Å². The summed E-state index contributed by atoms with van der Waals surface area (Å²) in [5, 5.41) is 15.4. The Kier molecular flexibility index (Phi) is 5.09. The Morgan fingerprint density at radius 1 is 1.17 bits per heavy atom. The van der Waals surface area contributed by atoms with Crippen LogP contribution in [0.2, 0.25) is 0 Å². The van der Waals surface area contributed by atoms with Gasteiger partial charge in [-0.25, -0.2) is 0 Å². The summed E-state index contributed by atoms with van der Waals surface area (Å²) < 4.78 is 8.81. The van der Waals surface area contributed by atoms with Crippen molar-refractivity contribution in [1.82, 2.24) is 24.8 Å². The highest BCUT2D eigenvalue weighted by Gasteiger charge is 2.18. The van der Waals surface area contributed by atoms with Gasteiger partial charge in [-0.3, -0.25) is 4.79 Å². The van der Waals surface area contributed by atoms with Crippen molar-refractivity contribution in [2.45, 2.75) is 20.4 Å². The van der Waals surface area contributed by atoms with Gasteiger partial charge in [-0.1, -0.05) is 12.1 Å². The molecular weight excluding hydrogens is 368 g/mol. The number of carbonyl (C=O) groups is 1. The Morgan fingerprint density at radius 3 is 2.79 bits per heavy atom. The van der Waals surface area contributed by atoms with Crippen molar-refractivity contribution in [1.29, 1.82) is 0 Å². The first-order valence-corrected chi connectivity index (χ1v) is 9.32. The van der Waals surface area contributed by atoms with Gasteiger partial charge >= 0.3 is 0 Å². The molecule has 0 atom stereocenters. The first-order chi connectivity index (χ1) is 14.1. The highest BCUT2D eigenvalue weighted by atomic mass is 16.5. The third-order valence-corrected chi connectivity index (χ3v) is 5.12. The summed E-state index contributed by atoms with van der Waals surface area (Å²) in [5.74, 6) is -0.212. The van der Waals surface area contributed by atoms with Gasteiger partial charge in [0, 0.05) is 25.2 Å². The van der Waals surface area contributed by atoms with Crippen LogP contribution in [0, 0.1) is 13.8 Å². The Bertz CT molecular complexity index is 1160. The molecule has 0 fully saturated rings. The molecule has 148 valence electrons. The number of methoxy groups -OCH3 is 1. The number of tetrazole rings is 1. The number of nitrogens with one attached hydrogen (secondary N) is 1. The summed E-state index contributed by atoms with van der Waals surface area (Å²) in [6.45, 7) is 5.32. The summed E-state index contributed by atoms with van der Waals surface area (Å²) in [5.41, 5.74) is 5.00. The molecule has 0 bridgehead atoms. The van der Waals surface area contributed by atoms with Crippen LogP contribution in [0.25, 0.3) is 16.6 Å². The summed E-state index contributed by atoms with van der Waals surface area (Å²) in [7, 11) is 1.68. The SMILES string of the molecule is COCCn1ccc2c(NC(=O)c3ccc(C)c(C)c3-n3cnnn3)cccc21. The lowest BCUT2D eigenvalue weighted by Gasteiger charge is -2.14. The van der Waals surface area contributed by atoms with Crippen molar-refractivity contribution in [2.24, 2.45) is 0 Å². The molecule has 0 aliphatic carbocycles. The highest BCUT2D eigenvalue weighted by Crippen LogP contribution is 2.27. The van der Waals surface area contributed by atoms with Crippen molar-refractivity contribution in [2.75, 3.05) is 19.0 Å². The van der Waals surface area contributed by atoms with E-state index < -0.39 is 0 Å². The minimum absolute atomic E-state index is 0.212. The van der Waals surface area contributed by atoms with Crippen LogP contribution in [-0.2, 0) is 11.3 Å². The van der Waals surface area contributed by atoms with Crippen LogP contribution >= 0.6 is 0 Å². The molecule has 2 aromatic heterocycles. The van der Waals surface area contributed by atoms with Crippen LogP contribution in [0.5, 0.6) is 0 Å². The number of hydrogen-bond donors (Lipinski definition) is 1. The lowest BCUT2D eigenvalue weighted by molar-refractivity contribution is 0.102. The summed E-state index contributed by atoms with van der Waals surface area (Å²) in [6, 6.07) is 11.6. The van der Waals surface area contributed by atoms with Gasteiger partial charge in [-0.05, 0) is 59.7 Å². The number of carbonyl (C=O) groups excluding carboxylic acids is 1. The van der Waals surface area contributed by atoms with Crippen LogP contribution in [0.4, 0.5) is 5.69 Å². The minimum Gasteiger partial charge on any atom is -0.383 e. The van der Waals surface area contributed by atoms with E-state index in [1.54, 1.807) is 13.2 Å². The largest absolute Gasteiger partial charge is 0.383 e. The molecule has 8 heteroatoms. The van der Waals surface area contributed by atoms with E-state index in [4.69, 9.17) is 4.74 Å². The van der Waals surface area contributed by atoms with E-state index in [0.29, 0.717) is 17.9 Å². The van der Waals surface area contributed by atoms with Crippen LogP contribution in [-0.4, -0.2) is 44.4 Å². The molecule has 2 aromatic carbocycles. The van der Waals surface area contributed by atoms with Crippen LogP contribution < -0.4 is 5.32 Å². The number of fused-ring (bicyclic) bond motifs is 1. The normalized spacial score (nSPS) is 11.1. The molecule has 0 aliphatic heterocycles. The second kappa shape index (κ2) is 7.84. The Labute approximate surface area is 168 Å². The summed E-state index contributed by atoms with van der Waals surface area (Å²) >= 11 is 0. The molecule has 8 nitrogen and oxygen atoms in total. The number of rotatable bonds is 6. The van der Waals surface area contributed by atoms with Gasteiger partial charge in [0.25, 0.3) is 5.91 Å². The fraction of sp³-hybridized carbons (Fsp3) is 0.238. The number of ether oxygens (including phenoxy) is 1. The molecule has 1 N–H and O–H groups in total. The van der Waals surface area contributed by atoms with Crippen molar-refractivity contribution in [3.05, 3.63) is 65.6 Å². The molecule has 0 saturated heterocycles. The topological polar surface area (TPSA) is 86.9 Å². The maximum absolute atomic E-state index is 13.2. The Hall–Kier alpha value is -3.52. The first kappa shape index (κ1) is 18.8. The van der Waals surface area contributed by atoms with Crippen LogP contribution in [0.3, 0.4) is 0 Å². The lowest BCUT2D eigenvalue weighted by Crippen LogP contribution is -2.17. The first-order valence-electron chi connectivity index (χ1n) is 9.32. The van der Waals surface area contributed by atoms with Gasteiger partial charge in [0.15, 0.2) is 0 Å². The van der Waals surface area contributed by atoms with E-state index in [9.17, 15) is 4.79 Å². The quantitative estimate of drug-likeness (QED) is 0.547. The van der Waals surface area contributed by atoms with Crippen molar-refractivity contribution in [3.8, 4) is 5.69 Å². The van der Waals surface area contributed by atoms with Gasteiger partial charge in [0.1, 0.15) is 6.33 Å². The van der Waals surface area contributed by atoms with Gasteiger partial charge in [0.05, 0.1) is 29.1 Å². The van der Waals surface area contributed by atoms with Crippen molar-refractivity contribution >= 4 is 22.5 Å². The van der Waals surface area contributed by atoms with E-state index in [1.807, 2.05) is 50.4 Å². The minimum atomic E-state index is -0.212. The molecule has 0 aliphatic rings. The smallest absolute Gasteiger partial charge is 0.257 e. The van der Waals surface area contributed by atoms with Crippen LogP contribution in [0.1, 0.15) is 21.5 Å². The second-order valence-corrected chi connectivity index (χ2v) is 6.85. The number of aryl methyl sites for hydroxylation is 1. The third-order valence-electron chi connectivity index (χ3n) is 5.12. The van der Waals surface area contributed by atoms with Crippen LogP contribution in [0.15, 0.2) is 48.9 Å². The van der Waals surface area contributed by atoms with Gasteiger partial charge in [-0.15, -0.1) is 5.10 Å². The van der Waals surface area contributed by atoms with E-state index in [2.05, 4.69) is 25.4 Å². The molecule has 4 aromatic rings. The van der Waals surface area contributed by atoms with E-state index in [0.717, 1.165) is 34.3 Å². The maximum Gasteiger partial charge on any atom is 0.257 e. The third kappa shape index (κ3) is 3.50. The fourth-order valence-corrected chi connectivity index (χ4v) is 3.45. The Morgan fingerprint density at radius 2 is 2.03 bits per heavy atom. The monoisotopic (exact) mass is 390 g/mol. The zero-order valence-electron chi connectivity index (χ0n) is 16.6. The fourth-order valence-electron chi connectivity index (χ4n) is 3.45. The number of amides is 1. The molecule has 2 heterocycles. The number of nitrogens with zero attached hydrogens (tertiary/aromatic N) is 5. The lowest BCUT2D eigenvalue weighted by atomic mass is 10.0. The van der Waals surface area contributed by atoms with Gasteiger partial charge in [0.2, 0.25) is 0 Å². The number of hydrogen-bond acceptors (Lipinski definition) is 5. The molecule has 0 unspecified atom stereocenters. The predicted molar refractivity (Wildman–Crippen MR) is 110 cm³/mol. The average molecular weight is 390 g/mol. The molecule has 0 radical (unpaired) electrons. The molecule has 0 saturated carbocycles. The molecule has 0 spiro atoms. The maximum atomic E-state index is 13.2. The highest BCUT2D eigenvalue weighted by molar-refractivity contribution is 6.10. The molecule has 1 amide bonds. The zero-order chi connectivity index (χ0) is 20.4. The van der Waals surface area contributed by atoms with E-state index >= 15 is 0 Å². The van der Waals surface area contributed by atoms with Crippen molar-refractivity contribution in [3.63, 3.8) is 0 Å². The molecule has 4 rings (SSSR count). The van der Waals surface area contributed by atoms with Crippen molar-refractivity contribution < 1.29 is 9.53 Å². The average Bonchev–Trinajstić information content (AvgIpc) is 3.39. The number of anilines is 1. The predicted octanol–water partition coefficient (Wildman–Crippen LogP) is 3.13. The summed E-state index contributed by atoms with van der Waals surface area (Å²) in [6.07, 6.45) is 3.50. The number of benzene rings is 2. The Balaban J connectivity index is 1.71. The van der Waals surface area contributed by atoms with E-state index in [-0.39, 0.29) is 5.91 Å². The standard InChI is InChI=1S/C21H22N6O2/c1-14-7-8-17(20(15(14)2)27-13-22-24-25-27)21(28)23-18-5-4-6-19-16(18)9-10-26(19)11-12-29-3/h4-10,13H,11-12H2,1-3H3,(H,23,28).